The molecule has 51 valence electrons. The van der Waals surface area contributed by atoms with E-state index in [0.717, 1.165) is 12.8 Å². The van der Waals surface area contributed by atoms with Crippen LogP contribution in [0.1, 0.15) is 19.8 Å². The molecule has 9 heavy (non-hydrogen) atoms. The van der Waals surface area contributed by atoms with Gasteiger partial charge in [0.1, 0.15) is 0 Å². The fourth-order valence-electron chi connectivity index (χ4n) is 0.570. The molecule has 2 nitrogen and oxygen atoms in total. The third kappa shape index (κ3) is 2.04. The lowest BCUT2D eigenvalue weighted by molar-refractivity contribution is -0.144. The minimum atomic E-state index is -0.0446. The van der Waals surface area contributed by atoms with Crippen LogP contribution in [0.3, 0.4) is 0 Å². The summed E-state index contributed by atoms with van der Waals surface area (Å²) in [6.45, 7) is 2.56. The molecule has 0 aromatic rings. The lowest BCUT2D eigenvalue weighted by Gasteiger charge is -1.98. The summed E-state index contributed by atoms with van der Waals surface area (Å²) < 4.78 is 4.84. The number of carbonyl (C=O) groups excluding carboxylic acids is 1. The Morgan fingerprint density at radius 2 is 2.56 bits per heavy atom. The first-order chi connectivity index (χ1) is 4.34. The Kier molecular flexibility index (Phi) is 2.09. The van der Waals surface area contributed by atoms with Crippen LogP contribution in [0.15, 0.2) is 0 Å². The number of ether oxygens (including phenoxy) is 1. The highest BCUT2D eigenvalue weighted by molar-refractivity contribution is 5.77. The average molecular weight is 127 g/mol. The monoisotopic (exact) mass is 127 g/mol. The molecule has 1 rings (SSSR count). The van der Waals surface area contributed by atoms with Crippen LogP contribution in [0, 0.1) is 12.3 Å². The van der Waals surface area contributed by atoms with Crippen molar-refractivity contribution in [3.63, 3.8) is 0 Å². The standard InChI is InChI=1S/C7H11O2/c1-2-5-9-7(8)6-3-4-6/h3,6H,2,4-5H2,1H3. The van der Waals surface area contributed by atoms with Crippen molar-refractivity contribution in [2.24, 2.45) is 5.92 Å². The molecule has 1 unspecified atom stereocenters. The summed E-state index contributed by atoms with van der Waals surface area (Å²) in [5.41, 5.74) is 0. The van der Waals surface area contributed by atoms with Gasteiger partial charge in [0.05, 0.1) is 12.5 Å². The van der Waals surface area contributed by atoms with Crippen molar-refractivity contribution < 1.29 is 9.53 Å². The second-order valence-electron chi connectivity index (χ2n) is 2.25. The molecule has 1 fully saturated rings. The number of rotatable bonds is 3. The zero-order valence-corrected chi connectivity index (χ0v) is 5.59. The Balaban J connectivity index is 2.03. The van der Waals surface area contributed by atoms with Crippen LogP contribution in [0.25, 0.3) is 0 Å². The summed E-state index contributed by atoms with van der Waals surface area (Å²) in [5, 5.41) is 0. The zero-order chi connectivity index (χ0) is 6.69. The van der Waals surface area contributed by atoms with E-state index in [9.17, 15) is 4.79 Å². The number of hydrogen-bond donors (Lipinski definition) is 0. The van der Waals surface area contributed by atoms with Gasteiger partial charge in [-0.2, -0.15) is 0 Å². The maximum atomic E-state index is 10.7. The van der Waals surface area contributed by atoms with E-state index in [2.05, 4.69) is 0 Å². The SMILES string of the molecule is CCCOC(=O)C1[CH]C1. The van der Waals surface area contributed by atoms with Crippen LogP contribution in [-0.2, 0) is 9.53 Å². The molecule has 0 heterocycles. The van der Waals surface area contributed by atoms with Crippen molar-refractivity contribution in [2.75, 3.05) is 6.61 Å². The quantitative estimate of drug-likeness (QED) is 0.532. The normalized spacial score (nSPS) is 17.4. The number of carbonyl (C=O) groups is 1. The Labute approximate surface area is 55.2 Å². The van der Waals surface area contributed by atoms with E-state index in [0.29, 0.717) is 6.61 Å². The van der Waals surface area contributed by atoms with Gasteiger partial charge in [0.25, 0.3) is 0 Å². The molecule has 0 amide bonds. The Hall–Kier alpha value is -0.530. The average Bonchev–Trinajstić information content (AvgIpc) is 2.63. The molecular formula is C7H11O2. The molecule has 0 saturated heterocycles. The van der Waals surface area contributed by atoms with Crippen molar-refractivity contribution in [3.05, 3.63) is 6.42 Å². The first-order valence-electron chi connectivity index (χ1n) is 3.34. The summed E-state index contributed by atoms with van der Waals surface area (Å²) in [7, 11) is 0. The van der Waals surface area contributed by atoms with E-state index in [4.69, 9.17) is 4.74 Å². The molecular weight excluding hydrogens is 116 g/mol. The largest absolute Gasteiger partial charge is 0.465 e. The molecule has 0 aliphatic heterocycles. The van der Waals surface area contributed by atoms with E-state index in [-0.39, 0.29) is 11.9 Å². The van der Waals surface area contributed by atoms with Crippen molar-refractivity contribution >= 4 is 5.97 Å². The molecule has 1 aliphatic rings. The van der Waals surface area contributed by atoms with Gasteiger partial charge >= 0.3 is 5.97 Å². The first-order valence-corrected chi connectivity index (χ1v) is 3.34. The van der Waals surface area contributed by atoms with Crippen molar-refractivity contribution in [3.8, 4) is 0 Å². The minimum Gasteiger partial charge on any atom is -0.465 e. The van der Waals surface area contributed by atoms with Gasteiger partial charge in [-0.3, -0.25) is 4.79 Å². The van der Waals surface area contributed by atoms with E-state index in [1.165, 1.54) is 0 Å². The number of esters is 1. The van der Waals surface area contributed by atoms with Gasteiger partial charge in [-0.15, -0.1) is 0 Å². The summed E-state index contributed by atoms with van der Waals surface area (Å²) in [5.74, 6) is 0.0911. The molecule has 0 N–H and O–H groups in total. The topological polar surface area (TPSA) is 26.3 Å². The third-order valence-electron chi connectivity index (χ3n) is 1.22. The van der Waals surface area contributed by atoms with Crippen molar-refractivity contribution in [1.29, 1.82) is 0 Å². The van der Waals surface area contributed by atoms with Crippen LogP contribution in [0.2, 0.25) is 0 Å². The summed E-state index contributed by atoms with van der Waals surface area (Å²) in [4.78, 5) is 10.7. The zero-order valence-electron chi connectivity index (χ0n) is 5.59. The van der Waals surface area contributed by atoms with E-state index in [1.807, 2.05) is 13.3 Å². The van der Waals surface area contributed by atoms with E-state index >= 15 is 0 Å². The van der Waals surface area contributed by atoms with Crippen LogP contribution < -0.4 is 0 Å². The van der Waals surface area contributed by atoms with Crippen LogP contribution in [0.5, 0.6) is 0 Å². The predicted octanol–water partition coefficient (Wildman–Crippen LogP) is 1.16. The van der Waals surface area contributed by atoms with Crippen LogP contribution in [-0.4, -0.2) is 12.6 Å². The van der Waals surface area contributed by atoms with E-state index in [1.54, 1.807) is 0 Å². The fourth-order valence-corrected chi connectivity index (χ4v) is 0.570. The van der Waals surface area contributed by atoms with Gasteiger partial charge in [-0.05, 0) is 19.3 Å². The highest BCUT2D eigenvalue weighted by Crippen LogP contribution is 2.28. The number of hydrogen-bond acceptors (Lipinski definition) is 2. The highest BCUT2D eigenvalue weighted by atomic mass is 16.5. The Morgan fingerprint density at radius 3 is 3.00 bits per heavy atom. The smallest absolute Gasteiger partial charge is 0.309 e. The van der Waals surface area contributed by atoms with Gasteiger partial charge in [0.15, 0.2) is 0 Å². The predicted molar refractivity (Wildman–Crippen MR) is 33.7 cm³/mol. The second-order valence-corrected chi connectivity index (χ2v) is 2.25. The molecule has 1 radical (unpaired) electrons. The summed E-state index contributed by atoms with van der Waals surface area (Å²) in [6, 6.07) is 0. The fraction of sp³-hybridized carbons (Fsp3) is 0.714. The third-order valence-corrected chi connectivity index (χ3v) is 1.22. The first kappa shape index (κ1) is 6.59. The summed E-state index contributed by atoms with van der Waals surface area (Å²) >= 11 is 0. The summed E-state index contributed by atoms with van der Waals surface area (Å²) in [6.07, 6.45) is 3.79. The minimum absolute atomic E-state index is 0.0446. The van der Waals surface area contributed by atoms with E-state index < -0.39 is 0 Å². The van der Waals surface area contributed by atoms with Crippen LogP contribution >= 0.6 is 0 Å². The maximum Gasteiger partial charge on any atom is 0.309 e. The molecule has 1 atom stereocenters. The highest BCUT2D eigenvalue weighted by Gasteiger charge is 2.31. The van der Waals surface area contributed by atoms with Gasteiger partial charge in [-0.25, -0.2) is 0 Å². The van der Waals surface area contributed by atoms with Gasteiger partial charge in [0.2, 0.25) is 0 Å². The molecule has 2 heteroatoms. The van der Waals surface area contributed by atoms with Gasteiger partial charge < -0.3 is 4.74 Å². The van der Waals surface area contributed by atoms with Gasteiger partial charge in [-0.1, -0.05) is 6.92 Å². The molecule has 0 aromatic carbocycles. The maximum absolute atomic E-state index is 10.7. The molecule has 1 saturated carbocycles. The lowest BCUT2D eigenvalue weighted by atomic mass is 10.4. The Morgan fingerprint density at radius 1 is 1.89 bits per heavy atom. The second kappa shape index (κ2) is 2.85. The molecule has 0 spiro atoms. The Bertz CT molecular complexity index is 105. The molecule has 0 aromatic heterocycles. The van der Waals surface area contributed by atoms with Crippen LogP contribution in [0.4, 0.5) is 0 Å². The van der Waals surface area contributed by atoms with Crippen molar-refractivity contribution in [1.82, 2.24) is 0 Å². The van der Waals surface area contributed by atoms with Gasteiger partial charge in [0, 0.05) is 0 Å². The molecule has 0 bridgehead atoms. The van der Waals surface area contributed by atoms with Crippen molar-refractivity contribution in [2.45, 2.75) is 19.8 Å². The lowest BCUT2D eigenvalue weighted by Crippen LogP contribution is -2.06. The molecule has 1 aliphatic carbocycles.